The Hall–Kier alpha value is -2.13. The number of rotatable bonds is 2. The molecule has 6 N–H and O–H groups in total. The lowest BCUT2D eigenvalue weighted by Crippen LogP contribution is -2.12. The molecule has 9 heteroatoms. The van der Waals surface area contributed by atoms with Gasteiger partial charge in [-0.3, -0.25) is 14.4 Å². The molecule has 0 amide bonds. The summed E-state index contributed by atoms with van der Waals surface area (Å²) in [5.74, 6) is -2.50. The minimum atomic E-state index is -0.917. The van der Waals surface area contributed by atoms with Gasteiger partial charge >= 0.3 is 0 Å². The number of aliphatic hydroxyl groups is 3. The van der Waals surface area contributed by atoms with Crippen molar-refractivity contribution in [1.82, 2.24) is 0 Å². The molecule has 0 heterocycles. The Morgan fingerprint density at radius 1 is 0.900 bits per heavy atom. The first-order valence-corrected chi connectivity index (χ1v) is 5.10. The van der Waals surface area contributed by atoms with Crippen molar-refractivity contribution in [2.75, 3.05) is 6.61 Å². The molecule has 0 bridgehead atoms. The van der Waals surface area contributed by atoms with E-state index in [0.717, 1.165) is 27.0 Å². The summed E-state index contributed by atoms with van der Waals surface area (Å²) in [6.45, 7) is 4.43. The van der Waals surface area contributed by atoms with Gasteiger partial charge in [0, 0.05) is 20.8 Å². The zero-order chi connectivity index (χ0) is 17.3. The van der Waals surface area contributed by atoms with E-state index in [2.05, 4.69) is 0 Å². The van der Waals surface area contributed by atoms with Crippen molar-refractivity contribution in [3.63, 3.8) is 0 Å². The lowest BCUT2D eigenvalue weighted by atomic mass is 10.2. The van der Waals surface area contributed by atoms with E-state index >= 15 is 0 Å². The van der Waals surface area contributed by atoms with Gasteiger partial charge in [-0.25, -0.2) is 0 Å². The summed E-state index contributed by atoms with van der Waals surface area (Å²) in [6.07, 6.45) is -0.138. The fourth-order valence-electron chi connectivity index (χ4n) is 0.230. The second-order valence-electron chi connectivity index (χ2n) is 3.13. The molecule has 0 aromatic heterocycles. The Bertz CT molecular complexity index is 256. The minimum absolute atomic E-state index is 0.344. The molecule has 0 saturated heterocycles. The van der Waals surface area contributed by atoms with Crippen LogP contribution in [0.1, 0.15) is 27.7 Å². The lowest BCUT2D eigenvalue weighted by Gasteiger charge is -2.03. The van der Waals surface area contributed by atoms with Crippen LogP contribution in [-0.2, 0) is 14.4 Å². The van der Waals surface area contributed by atoms with E-state index in [4.69, 9.17) is 45.0 Å². The molecule has 0 radical (unpaired) electrons. The molecule has 0 aliphatic carbocycles. The van der Waals surface area contributed by atoms with Crippen molar-refractivity contribution >= 4 is 17.9 Å². The number of aliphatic hydroxyl groups excluding tert-OH is 3. The zero-order valence-corrected chi connectivity index (χ0v) is 11.8. The smallest absolute Gasteiger partial charge is 0.300 e. The molecule has 0 aromatic rings. The highest BCUT2D eigenvalue weighted by molar-refractivity contribution is 5.63. The molecule has 20 heavy (non-hydrogen) atoms. The van der Waals surface area contributed by atoms with Crippen molar-refractivity contribution in [2.24, 2.45) is 0 Å². The third-order valence-corrected chi connectivity index (χ3v) is 0.902. The average Bonchev–Trinajstić information content (AvgIpc) is 2.24. The second-order valence-corrected chi connectivity index (χ2v) is 3.13. The van der Waals surface area contributed by atoms with Crippen LogP contribution in [0.3, 0.4) is 0 Å². The fourth-order valence-corrected chi connectivity index (χ4v) is 0.230. The van der Waals surface area contributed by atoms with Gasteiger partial charge in [0.25, 0.3) is 17.9 Å². The number of carboxylic acid groups (broad SMARTS) is 3. The van der Waals surface area contributed by atoms with E-state index in [0.29, 0.717) is 5.57 Å². The quantitative estimate of drug-likeness (QED) is 0.386. The molecule has 0 saturated carbocycles. The molecule has 0 aliphatic heterocycles. The summed E-state index contributed by atoms with van der Waals surface area (Å²) in [5, 5.41) is 47.3. The van der Waals surface area contributed by atoms with Crippen LogP contribution in [0.4, 0.5) is 0 Å². The molecular weight excluding hydrogens is 276 g/mol. The van der Waals surface area contributed by atoms with Crippen LogP contribution in [0.25, 0.3) is 0 Å². The SMILES string of the molecule is CC(=CO)C(O)CO.CC(=O)O.CC(=O)O.CC(=O)O. The van der Waals surface area contributed by atoms with Gasteiger partial charge in [-0.15, -0.1) is 0 Å². The number of hydrogen-bond acceptors (Lipinski definition) is 6. The highest BCUT2D eigenvalue weighted by Crippen LogP contribution is 1.96. The van der Waals surface area contributed by atoms with Gasteiger partial charge in [0.05, 0.1) is 12.9 Å². The van der Waals surface area contributed by atoms with Crippen molar-refractivity contribution in [3.8, 4) is 0 Å². The van der Waals surface area contributed by atoms with E-state index in [1.807, 2.05) is 0 Å². The van der Waals surface area contributed by atoms with Gasteiger partial charge in [-0.05, 0) is 12.5 Å². The summed E-state index contributed by atoms with van der Waals surface area (Å²) in [6, 6.07) is 0. The summed E-state index contributed by atoms with van der Waals surface area (Å²) in [7, 11) is 0. The maximum atomic E-state index is 9.00. The number of carboxylic acids is 3. The largest absolute Gasteiger partial charge is 0.516 e. The maximum absolute atomic E-state index is 9.00. The van der Waals surface area contributed by atoms with Crippen LogP contribution in [0.15, 0.2) is 11.8 Å². The summed E-state index contributed by atoms with van der Waals surface area (Å²) in [5.41, 5.74) is 0.368. The zero-order valence-electron chi connectivity index (χ0n) is 11.8. The van der Waals surface area contributed by atoms with E-state index < -0.39 is 24.0 Å². The first-order valence-electron chi connectivity index (χ1n) is 5.10. The van der Waals surface area contributed by atoms with Crippen LogP contribution in [0, 0.1) is 0 Å². The monoisotopic (exact) mass is 298 g/mol. The molecule has 9 nitrogen and oxygen atoms in total. The second kappa shape index (κ2) is 19.2. The molecule has 0 aromatic carbocycles. The van der Waals surface area contributed by atoms with E-state index in [1.165, 1.54) is 6.92 Å². The normalized spacial score (nSPS) is 10.2. The Morgan fingerprint density at radius 2 is 1.10 bits per heavy atom. The summed E-state index contributed by atoms with van der Waals surface area (Å²) in [4.78, 5) is 27.0. The third kappa shape index (κ3) is 102. The Morgan fingerprint density at radius 3 is 1.15 bits per heavy atom. The van der Waals surface area contributed by atoms with Crippen molar-refractivity contribution < 1.29 is 45.0 Å². The Labute approximate surface area is 116 Å². The number of hydrogen-bond donors (Lipinski definition) is 6. The first-order chi connectivity index (χ1) is 8.91. The minimum Gasteiger partial charge on any atom is -0.516 e. The van der Waals surface area contributed by atoms with E-state index in [1.54, 1.807) is 0 Å². The Kier molecular flexibility index (Phi) is 25.4. The van der Waals surface area contributed by atoms with Crippen LogP contribution in [0.2, 0.25) is 0 Å². The number of aliphatic carboxylic acids is 3. The van der Waals surface area contributed by atoms with Gasteiger partial charge in [0.15, 0.2) is 0 Å². The first kappa shape index (κ1) is 26.4. The average molecular weight is 298 g/mol. The fraction of sp³-hybridized carbons (Fsp3) is 0.545. The van der Waals surface area contributed by atoms with Gasteiger partial charge < -0.3 is 30.6 Å². The van der Waals surface area contributed by atoms with Gasteiger partial charge in [0.1, 0.15) is 6.10 Å². The molecule has 0 spiro atoms. The Balaban J connectivity index is -0.0000000917. The summed E-state index contributed by atoms with van der Waals surface area (Å²) < 4.78 is 0. The highest BCUT2D eigenvalue weighted by atomic mass is 16.4. The third-order valence-electron chi connectivity index (χ3n) is 0.902. The van der Waals surface area contributed by atoms with E-state index in [9.17, 15) is 0 Å². The van der Waals surface area contributed by atoms with Crippen molar-refractivity contribution in [1.29, 1.82) is 0 Å². The van der Waals surface area contributed by atoms with Gasteiger partial charge in [-0.2, -0.15) is 0 Å². The number of carbonyl (C=O) groups is 3. The molecule has 1 unspecified atom stereocenters. The van der Waals surface area contributed by atoms with Crippen LogP contribution < -0.4 is 0 Å². The van der Waals surface area contributed by atoms with Crippen LogP contribution in [0.5, 0.6) is 0 Å². The standard InChI is InChI=1S/C5H10O3.3C2H4O2/c1-4(2-6)5(8)3-7;3*1-2(3)4/h2,5-8H,3H2,1H3;3*1H3,(H,3,4). The molecule has 0 aliphatic rings. The summed E-state index contributed by atoms with van der Waals surface area (Å²) >= 11 is 0. The molecule has 120 valence electrons. The van der Waals surface area contributed by atoms with Crippen LogP contribution >= 0.6 is 0 Å². The lowest BCUT2D eigenvalue weighted by molar-refractivity contribution is -0.135. The molecule has 0 fully saturated rings. The predicted octanol–water partition coefficient (Wildman–Crippen LogP) is 0.0741. The molecule has 0 rings (SSSR count). The maximum Gasteiger partial charge on any atom is 0.300 e. The molecular formula is C11H22O9. The predicted molar refractivity (Wildman–Crippen MR) is 69.4 cm³/mol. The van der Waals surface area contributed by atoms with Gasteiger partial charge in [-0.1, -0.05) is 0 Å². The molecule has 1 atom stereocenters. The van der Waals surface area contributed by atoms with Crippen molar-refractivity contribution in [3.05, 3.63) is 11.8 Å². The van der Waals surface area contributed by atoms with Crippen LogP contribution in [-0.4, -0.2) is 61.3 Å². The van der Waals surface area contributed by atoms with Crippen molar-refractivity contribution in [2.45, 2.75) is 33.8 Å². The highest BCUT2D eigenvalue weighted by Gasteiger charge is 2.01. The van der Waals surface area contributed by atoms with E-state index in [-0.39, 0.29) is 6.61 Å². The topological polar surface area (TPSA) is 173 Å². The van der Waals surface area contributed by atoms with Gasteiger partial charge in [0.2, 0.25) is 0 Å².